The van der Waals surface area contributed by atoms with E-state index in [1.165, 1.54) is 25.3 Å². The Labute approximate surface area is 183 Å². The van der Waals surface area contributed by atoms with Gasteiger partial charge in [-0.15, -0.1) is 0 Å². The van der Waals surface area contributed by atoms with Gasteiger partial charge >= 0.3 is 0 Å². The molecule has 1 atom stereocenters. The number of unbranched alkanes of at least 4 members (excludes halogenated alkanes) is 1. The largest absolute Gasteiger partial charge is 0.207 e. The second-order valence-electron chi connectivity index (χ2n) is 9.41. The smallest absolute Gasteiger partial charge is 0.141 e. The third kappa shape index (κ3) is 4.66. The molecule has 2 aromatic rings. The van der Waals surface area contributed by atoms with Crippen molar-refractivity contribution in [3.8, 4) is 6.07 Å². The van der Waals surface area contributed by atoms with Crippen LogP contribution in [0.15, 0.2) is 24.3 Å². The predicted octanol–water partition coefficient (Wildman–Crippen LogP) is 7.71. The number of hydrogen-bond acceptors (Lipinski definition) is 1. The highest BCUT2D eigenvalue weighted by atomic mass is 19.1. The molecule has 1 nitrogen and oxygen atoms in total. The molecule has 0 amide bonds. The molecule has 0 spiro atoms. The average molecular weight is 426 g/mol. The molecule has 0 N–H and O–H groups in total. The van der Waals surface area contributed by atoms with Crippen molar-refractivity contribution in [2.24, 2.45) is 5.92 Å². The van der Waals surface area contributed by atoms with Crippen molar-refractivity contribution < 1.29 is 13.2 Å². The molecule has 2 aliphatic carbocycles. The van der Waals surface area contributed by atoms with E-state index < -0.39 is 17.5 Å². The maximum Gasteiger partial charge on any atom is 0.141 e. The first kappa shape index (κ1) is 21.9. The van der Waals surface area contributed by atoms with Crippen LogP contribution >= 0.6 is 0 Å². The second kappa shape index (κ2) is 9.47. The van der Waals surface area contributed by atoms with E-state index in [0.717, 1.165) is 48.3 Å². The van der Waals surface area contributed by atoms with E-state index in [-0.39, 0.29) is 23.0 Å². The third-order valence-electron chi connectivity index (χ3n) is 7.43. The lowest BCUT2D eigenvalue weighted by Crippen LogP contribution is -2.18. The van der Waals surface area contributed by atoms with Crippen LogP contribution in [0.1, 0.15) is 97.9 Å². The van der Waals surface area contributed by atoms with Crippen molar-refractivity contribution in [1.29, 1.82) is 5.26 Å². The van der Waals surface area contributed by atoms with Crippen molar-refractivity contribution in [3.05, 3.63) is 69.5 Å². The van der Waals surface area contributed by atoms with Crippen LogP contribution in [0.25, 0.3) is 0 Å². The summed E-state index contributed by atoms with van der Waals surface area (Å²) in [5.41, 5.74) is 2.61. The van der Waals surface area contributed by atoms with Crippen molar-refractivity contribution in [1.82, 2.24) is 0 Å². The van der Waals surface area contributed by atoms with E-state index in [0.29, 0.717) is 19.3 Å². The minimum Gasteiger partial charge on any atom is -0.207 e. The molecule has 31 heavy (non-hydrogen) atoms. The lowest BCUT2D eigenvalue weighted by molar-refractivity contribution is 0.303. The third-order valence-corrected chi connectivity index (χ3v) is 7.43. The number of nitriles is 1. The van der Waals surface area contributed by atoms with Gasteiger partial charge in [0.1, 0.15) is 23.5 Å². The summed E-state index contributed by atoms with van der Waals surface area (Å²) in [4.78, 5) is 0. The molecule has 1 saturated carbocycles. The van der Waals surface area contributed by atoms with Gasteiger partial charge < -0.3 is 0 Å². The summed E-state index contributed by atoms with van der Waals surface area (Å²) in [5, 5.41) is 9.02. The summed E-state index contributed by atoms with van der Waals surface area (Å²) in [6.45, 7) is 2.21. The molecule has 0 saturated heterocycles. The molecule has 0 aromatic heterocycles. The lowest BCUT2D eigenvalue weighted by atomic mass is 9.75. The molecule has 1 unspecified atom stereocenters. The molecular weight excluding hydrogens is 395 g/mol. The van der Waals surface area contributed by atoms with E-state index in [1.807, 2.05) is 6.07 Å². The Bertz CT molecular complexity index is 960. The van der Waals surface area contributed by atoms with Gasteiger partial charge in [-0.2, -0.15) is 5.26 Å². The molecule has 0 heterocycles. The predicted molar refractivity (Wildman–Crippen MR) is 116 cm³/mol. The number of rotatable bonds is 5. The summed E-state index contributed by atoms with van der Waals surface area (Å²) in [7, 11) is 0. The number of halogens is 3. The van der Waals surface area contributed by atoms with Gasteiger partial charge in [-0.3, -0.25) is 0 Å². The highest BCUT2D eigenvalue weighted by Gasteiger charge is 2.29. The zero-order valence-corrected chi connectivity index (χ0v) is 18.2. The molecular formula is C27H30F3N. The molecule has 1 fully saturated rings. The SMILES string of the molecule is CCCCC1CCC(c2cc(F)c(C3CCc4cc(C#N)c(F)cc4C3)c(F)c2)CC1. The second-order valence-corrected chi connectivity index (χ2v) is 9.41. The molecule has 4 rings (SSSR count). The van der Waals surface area contributed by atoms with Gasteiger partial charge in [-0.05, 0) is 104 Å². The van der Waals surface area contributed by atoms with Crippen LogP contribution in [-0.2, 0) is 12.8 Å². The van der Waals surface area contributed by atoms with Crippen LogP contribution in [0.3, 0.4) is 0 Å². The van der Waals surface area contributed by atoms with E-state index in [4.69, 9.17) is 5.26 Å². The maximum absolute atomic E-state index is 15.1. The average Bonchev–Trinajstić information content (AvgIpc) is 2.77. The monoisotopic (exact) mass is 425 g/mol. The number of hydrogen-bond donors (Lipinski definition) is 0. The summed E-state index contributed by atoms with van der Waals surface area (Å²) in [5.74, 6) is -0.807. The quantitative estimate of drug-likeness (QED) is 0.481. The van der Waals surface area contributed by atoms with Crippen molar-refractivity contribution in [2.45, 2.75) is 83.0 Å². The van der Waals surface area contributed by atoms with E-state index in [9.17, 15) is 4.39 Å². The number of nitrogens with zero attached hydrogens (tertiary/aromatic N) is 1. The van der Waals surface area contributed by atoms with Gasteiger partial charge in [0.2, 0.25) is 0 Å². The zero-order chi connectivity index (χ0) is 22.0. The molecule has 0 aliphatic heterocycles. The van der Waals surface area contributed by atoms with Gasteiger partial charge in [0.15, 0.2) is 0 Å². The minimum atomic E-state index is -0.562. The fourth-order valence-corrected chi connectivity index (χ4v) is 5.62. The Morgan fingerprint density at radius 1 is 0.871 bits per heavy atom. The van der Waals surface area contributed by atoms with Crippen molar-refractivity contribution >= 4 is 0 Å². The number of aryl methyl sites for hydroxylation is 1. The molecule has 0 bridgehead atoms. The van der Waals surface area contributed by atoms with Crippen LogP contribution in [0, 0.1) is 34.7 Å². The summed E-state index contributed by atoms with van der Waals surface area (Å²) in [6.07, 6.45) is 9.63. The first-order chi connectivity index (χ1) is 15.0. The normalized spacial score (nSPS) is 23.3. The van der Waals surface area contributed by atoms with Crippen LogP contribution in [0.2, 0.25) is 0 Å². The summed E-state index contributed by atoms with van der Waals surface area (Å²) < 4.78 is 44.3. The maximum atomic E-state index is 15.1. The first-order valence-electron chi connectivity index (χ1n) is 11.7. The van der Waals surface area contributed by atoms with E-state index >= 15 is 8.78 Å². The molecule has 2 aromatic carbocycles. The molecule has 4 heteroatoms. The number of benzene rings is 2. The Morgan fingerprint density at radius 3 is 2.23 bits per heavy atom. The van der Waals surface area contributed by atoms with Crippen molar-refractivity contribution in [3.63, 3.8) is 0 Å². The van der Waals surface area contributed by atoms with Gasteiger partial charge in [0.25, 0.3) is 0 Å². The van der Waals surface area contributed by atoms with Crippen molar-refractivity contribution in [2.75, 3.05) is 0 Å². The Kier molecular flexibility index (Phi) is 6.70. The highest BCUT2D eigenvalue weighted by Crippen LogP contribution is 2.41. The standard InChI is InChI=1S/C27H30F3N/c1-2-3-4-17-5-7-18(8-6-17)22-14-25(29)27(26(30)15-22)20-10-9-19-11-23(16-31)24(28)13-21(19)12-20/h11,13-15,17-18,20H,2-10,12H2,1H3. The fourth-order valence-electron chi connectivity index (χ4n) is 5.62. The van der Waals surface area contributed by atoms with Gasteiger partial charge in [-0.25, -0.2) is 13.2 Å². The van der Waals surface area contributed by atoms with Gasteiger partial charge in [0.05, 0.1) is 5.56 Å². The van der Waals surface area contributed by atoms with Crippen LogP contribution in [-0.4, -0.2) is 0 Å². The molecule has 2 aliphatic rings. The fraction of sp³-hybridized carbons (Fsp3) is 0.519. The van der Waals surface area contributed by atoms with Gasteiger partial charge in [-0.1, -0.05) is 26.2 Å². The van der Waals surface area contributed by atoms with Crippen LogP contribution in [0.4, 0.5) is 13.2 Å². The first-order valence-corrected chi connectivity index (χ1v) is 11.7. The lowest BCUT2D eigenvalue weighted by Gasteiger charge is -2.30. The molecule has 0 radical (unpaired) electrons. The van der Waals surface area contributed by atoms with Crippen LogP contribution in [0.5, 0.6) is 0 Å². The Hall–Kier alpha value is -2.28. The summed E-state index contributed by atoms with van der Waals surface area (Å²) >= 11 is 0. The summed E-state index contributed by atoms with van der Waals surface area (Å²) in [6, 6.07) is 7.89. The van der Waals surface area contributed by atoms with E-state index in [1.54, 1.807) is 18.2 Å². The zero-order valence-electron chi connectivity index (χ0n) is 18.2. The highest BCUT2D eigenvalue weighted by molar-refractivity contribution is 5.43. The van der Waals surface area contributed by atoms with Crippen LogP contribution < -0.4 is 0 Å². The minimum absolute atomic E-state index is 0.0309. The Balaban J connectivity index is 1.50. The Morgan fingerprint density at radius 2 is 1.58 bits per heavy atom. The molecule has 164 valence electrons. The topological polar surface area (TPSA) is 23.8 Å². The van der Waals surface area contributed by atoms with Gasteiger partial charge in [0, 0.05) is 5.56 Å². The van der Waals surface area contributed by atoms with E-state index in [2.05, 4.69) is 6.92 Å². The number of fused-ring (bicyclic) bond motifs is 1.